The first-order valence-corrected chi connectivity index (χ1v) is 4.40. The number of quaternary nitrogens is 1. The van der Waals surface area contributed by atoms with Crippen LogP contribution in [0.3, 0.4) is 0 Å². The Morgan fingerprint density at radius 2 is 1.50 bits per heavy atom. The molecule has 0 bridgehead atoms. The highest BCUT2D eigenvalue weighted by Gasteiger charge is 2.29. The van der Waals surface area contributed by atoms with Gasteiger partial charge in [0, 0.05) is 0 Å². The van der Waals surface area contributed by atoms with E-state index in [-0.39, 0.29) is 12.4 Å². The van der Waals surface area contributed by atoms with Crippen molar-refractivity contribution in [3.8, 4) is 0 Å². The summed E-state index contributed by atoms with van der Waals surface area (Å²) >= 11 is 0. The number of hydrogen-bond acceptors (Lipinski definition) is 9. The summed E-state index contributed by atoms with van der Waals surface area (Å²) in [7, 11) is 0. The fourth-order valence-corrected chi connectivity index (χ4v) is 0.618. The molecular formula is C8H19NO9. The first-order chi connectivity index (χ1) is 7.81. The topological polar surface area (TPSA) is 215 Å². The molecule has 0 amide bonds. The van der Waals surface area contributed by atoms with Crippen LogP contribution < -0.4 is 11.3 Å². The summed E-state index contributed by atoms with van der Waals surface area (Å²) in [5.41, 5.74) is 0. The molecule has 0 unspecified atom stereocenters. The van der Waals surface area contributed by atoms with E-state index in [1.165, 1.54) is 0 Å². The van der Waals surface area contributed by atoms with Gasteiger partial charge < -0.3 is 51.5 Å². The lowest BCUT2D eigenvalue weighted by atomic mass is 10.0. The predicted octanol–water partition coefficient (Wildman–Crippen LogP) is -5.27. The lowest BCUT2D eigenvalue weighted by Crippen LogP contribution is -2.46. The van der Waals surface area contributed by atoms with Crippen LogP contribution in [0, 0.1) is 0 Å². The lowest BCUT2D eigenvalue weighted by molar-refractivity contribution is -0.308. The number of aliphatic carboxylic acids is 1. The second-order valence-corrected chi connectivity index (χ2v) is 2.89. The zero-order chi connectivity index (χ0) is 14.0. The van der Waals surface area contributed by atoms with Crippen molar-refractivity contribution >= 4 is 12.3 Å². The van der Waals surface area contributed by atoms with E-state index in [0.717, 1.165) is 0 Å². The molecule has 0 aromatic rings. The summed E-state index contributed by atoms with van der Waals surface area (Å²) in [5, 5.41) is 60.0. The van der Waals surface area contributed by atoms with Crippen LogP contribution in [0.5, 0.6) is 0 Å². The van der Waals surface area contributed by atoms with Crippen LogP contribution in [0.15, 0.2) is 0 Å². The van der Waals surface area contributed by atoms with Gasteiger partial charge in [-0.15, -0.1) is 0 Å². The van der Waals surface area contributed by atoms with Gasteiger partial charge in [-0.3, -0.25) is 0 Å². The molecule has 0 saturated carbocycles. The average molecular weight is 273 g/mol. The molecule has 4 atom stereocenters. The highest BCUT2D eigenvalue weighted by atomic mass is 16.4. The summed E-state index contributed by atoms with van der Waals surface area (Å²) in [4.78, 5) is 18.9. The second kappa shape index (κ2) is 12.3. The molecular weight excluding hydrogens is 254 g/mol. The van der Waals surface area contributed by atoms with Crippen molar-refractivity contribution in [1.29, 1.82) is 0 Å². The van der Waals surface area contributed by atoms with Gasteiger partial charge in [-0.1, -0.05) is 0 Å². The van der Waals surface area contributed by atoms with Crippen LogP contribution in [0.4, 0.5) is 0 Å². The summed E-state index contributed by atoms with van der Waals surface area (Å²) < 4.78 is 0. The summed E-state index contributed by atoms with van der Waals surface area (Å²) in [6.07, 6.45) is -6.84. The van der Waals surface area contributed by atoms with Crippen LogP contribution in [0.1, 0.15) is 0 Å². The van der Waals surface area contributed by atoms with Gasteiger partial charge >= 0.3 is 0 Å². The molecule has 10 N–H and O–H groups in total. The summed E-state index contributed by atoms with van der Waals surface area (Å²) in [6, 6.07) is 0. The zero-order valence-electron chi connectivity index (χ0n) is 9.71. The molecule has 0 aromatic carbocycles. The van der Waals surface area contributed by atoms with Crippen molar-refractivity contribution < 1.29 is 45.3 Å². The van der Waals surface area contributed by atoms with E-state index in [1.807, 2.05) is 0 Å². The smallest absolute Gasteiger partial charge is 0.151 e. The van der Waals surface area contributed by atoms with Gasteiger partial charge in [0.05, 0.1) is 19.2 Å². The molecule has 10 heteroatoms. The standard InChI is InChI=1S/C6H12O6.C2H4O3.H3N/c7-1-3(9)5(11)6(12)4(10)2-8;3-1-2(4)5;/h1,3-6,8-12H,2H2;3H,1H2,(H,4,5);1H3/t3-,4+,5+,6+;;/m0../s1. The highest BCUT2D eigenvalue weighted by Crippen LogP contribution is 2.02. The monoisotopic (exact) mass is 273 g/mol. The number of rotatable bonds is 6. The average Bonchev–Trinajstić information content (AvgIpc) is 2.35. The Balaban J connectivity index is -0.000000321. The van der Waals surface area contributed by atoms with Crippen molar-refractivity contribution in [2.24, 2.45) is 0 Å². The van der Waals surface area contributed by atoms with Gasteiger partial charge in [-0.2, -0.15) is 0 Å². The van der Waals surface area contributed by atoms with E-state index in [0.29, 0.717) is 0 Å². The Bertz CT molecular complexity index is 225. The minimum absolute atomic E-state index is 0. The van der Waals surface area contributed by atoms with E-state index in [4.69, 9.17) is 40.5 Å². The molecule has 0 aliphatic rings. The maximum Gasteiger partial charge on any atom is 0.151 e. The first kappa shape index (κ1) is 22.1. The third kappa shape index (κ3) is 10.0. The fourth-order valence-electron chi connectivity index (χ4n) is 0.618. The quantitative estimate of drug-likeness (QED) is 0.229. The van der Waals surface area contributed by atoms with Crippen molar-refractivity contribution in [1.82, 2.24) is 6.15 Å². The van der Waals surface area contributed by atoms with Crippen LogP contribution >= 0.6 is 0 Å². The summed E-state index contributed by atoms with van der Waals surface area (Å²) in [5.74, 6) is -1.44. The molecule has 0 rings (SSSR count). The maximum absolute atomic E-state index is 9.90. The van der Waals surface area contributed by atoms with Crippen molar-refractivity contribution in [2.45, 2.75) is 24.4 Å². The Morgan fingerprint density at radius 3 is 1.72 bits per heavy atom. The van der Waals surface area contributed by atoms with Crippen LogP contribution in [-0.4, -0.2) is 80.5 Å². The Morgan fingerprint density at radius 1 is 1.11 bits per heavy atom. The van der Waals surface area contributed by atoms with Crippen LogP contribution in [0.25, 0.3) is 0 Å². The van der Waals surface area contributed by atoms with E-state index >= 15 is 0 Å². The van der Waals surface area contributed by atoms with Gasteiger partial charge in [0.25, 0.3) is 0 Å². The molecule has 0 aliphatic carbocycles. The molecule has 0 fully saturated rings. The number of carbonyl (C=O) groups is 2. The molecule has 10 nitrogen and oxygen atoms in total. The number of hydrogen-bond donors (Lipinski definition) is 7. The largest absolute Gasteiger partial charge is 0.548 e. The third-order valence-corrected chi connectivity index (χ3v) is 1.55. The van der Waals surface area contributed by atoms with E-state index < -0.39 is 43.6 Å². The first-order valence-electron chi connectivity index (χ1n) is 4.40. The van der Waals surface area contributed by atoms with Gasteiger partial charge in [-0.05, 0) is 0 Å². The maximum atomic E-state index is 9.90. The minimum Gasteiger partial charge on any atom is -0.548 e. The van der Waals surface area contributed by atoms with Crippen LogP contribution in [-0.2, 0) is 9.59 Å². The SMILES string of the molecule is O=C([O-])CO.O=C[C@H](O)[C@@H](O)[C@H](O)[C@H](O)CO.[NH4+]. The number of aliphatic hydroxyl groups excluding tert-OH is 6. The number of carbonyl (C=O) groups excluding carboxylic acids is 2. The van der Waals surface area contributed by atoms with Gasteiger partial charge in [-0.25, -0.2) is 0 Å². The molecule has 0 aromatic heterocycles. The fraction of sp³-hybridized carbons (Fsp3) is 0.750. The second-order valence-electron chi connectivity index (χ2n) is 2.89. The van der Waals surface area contributed by atoms with E-state index in [9.17, 15) is 4.79 Å². The molecule has 18 heavy (non-hydrogen) atoms. The van der Waals surface area contributed by atoms with Crippen molar-refractivity contribution in [3.63, 3.8) is 0 Å². The number of aliphatic hydroxyl groups is 6. The normalized spacial score (nSPS) is 16.1. The van der Waals surface area contributed by atoms with Crippen LogP contribution in [0.2, 0.25) is 0 Å². The molecule has 0 spiro atoms. The molecule has 110 valence electrons. The summed E-state index contributed by atoms with van der Waals surface area (Å²) in [6.45, 7) is -1.65. The Labute approximate surface area is 102 Å². The molecule has 0 heterocycles. The molecule has 0 saturated heterocycles. The Kier molecular flexibility index (Phi) is 15.1. The third-order valence-electron chi connectivity index (χ3n) is 1.55. The van der Waals surface area contributed by atoms with Crippen molar-refractivity contribution in [2.75, 3.05) is 13.2 Å². The minimum atomic E-state index is -1.79. The van der Waals surface area contributed by atoms with E-state index in [1.54, 1.807) is 0 Å². The van der Waals surface area contributed by atoms with Gasteiger partial charge in [0.15, 0.2) is 6.29 Å². The molecule has 0 aliphatic heterocycles. The Hall–Kier alpha value is -1.14. The zero-order valence-corrected chi connectivity index (χ0v) is 9.71. The lowest BCUT2D eigenvalue weighted by Gasteiger charge is -2.22. The van der Waals surface area contributed by atoms with Gasteiger partial charge in [0.1, 0.15) is 24.4 Å². The van der Waals surface area contributed by atoms with Crippen molar-refractivity contribution in [3.05, 3.63) is 0 Å². The van der Waals surface area contributed by atoms with Gasteiger partial charge in [0.2, 0.25) is 0 Å². The number of aldehydes is 1. The van der Waals surface area contributed by atoms with E-state index in [2.05, 4.69) is 0 Å². The number of carboxylic acid groups (broad SMARTS) is 1. The predicted molar refractivity (Wildman–Crippen MR) is 55.3 cm³/mol. The molecule has 0 radical (unpaired) electrons. The number of carboxylic acids is 1. The highest BCUT2D eigenvalue weighted by molar-refractivity contribution is 5.65.